The quantitative estimate of drug-likeness (QED) is 0.237. The van der Waals surface area contributed by atoms with Gasteiger partial charge in [-0.25, -0.2) is 0 Å². The Morgan fingerprint density at radius 3 is 2.19 bits per heavy atom. The van der Waals surface area contributed by atoms with E-state index >= 15 is 0 Å². The Kier molecular flexibility index (Phi) is 12.0. The number of aryl methyl sites for hydroxylation is 1. The minimum atomic E-state index is -0.291. The average molecular weight is 645 g/mol. The predicted octanol–water partition coefficient (Wildman–Crippen LogP) is 5.62. The molecular weight excluding hydrogens is 598 g/mol. The van der Waals surface area contributed by atoms with Crippen molar-refractivity contribution in [3.05, 3.63) is 53.1 Å². The van der Waals surface area contributed by atoms with E-state index in [0.717, 1.165) is 54.8 Å². The number of carbonyl (C=O) groups is 2. The standard InChI is InChI=1S/C29H39N3O5.C4H7Br/c1-20(23-8-11-26(35-2)27(17-23)36-3)30-29(34)25-18-24(10-7-22(25)9-12-28(33)37-4)32-15-13-31(14-16-32)19-21-5-6-21;5-3-4-1-2-4/h7-8,10-11,17-18,20-21H,5-6,9,12-16,19H2,1-4H3,(H,30,34);4H,1-3H2. The largest absolute Gasteiger partial charge is 0.493 e. The van der Waals surface area contributed by atoms with Crippen LogP contribution in [0.1, 0.15) is 66.6 Å². The molecule has 230 valence electrons. The molecule has 1 saturated heterocycles. The number of hydrogen-bond acceptors (Lipinski definition) is 7. The number of piperazine rings is 1. The normalized spacial score (nSPS) is 17.5. The number of rotatable bonds is 12. The summed E-state index contributed by atoms with van der Waals surface area (Å²) in [6, 6.07) is 11.4. The number of carbonyl (C=O) groups excluding carboxylic acids is 2. The van der Waals surface area contributed by atoms with E-state index in [4.69, 9.17) is 14.2 Å². The minimum Gasteiger partial charge on any atom is -0.493 e. The predicted molar refractivity (Wildman–Crippen MR) is 170 cm³/mol. The van der Waals surface area contributed by atoms with Crippen molar-refractivity contribution in [3.8, 4) is 11.5 Å². The van der Waals surface area contributed by atoms with Crippen LogP contribution in [-0.2, 0) is 16.0 Å². The molecular formula is C33H46BrN3O5. The van der Waals surface area contributed by atoms with Crippen molar-refractivity contribution in [2.75, 3.05) is 64.3 Å². The zero-order valence-electron chi connectivity index (χ0n) is 25.5. The summed E-state index contributed by atoms with van der Waals surface area (Å²) in [4.78, 5) is 30.3. The molecule has 3 fully saturated rings. The van der Waals surface area contributed by atoms with Crippen LogP contribution in [0, 0.1) is 11.8 Å². The van der Waals surface area contributed by atoms with Crippen LogP contribution in [0.5, 0.6) is 11.5 Å². The molecule has 1 heterocycles. The van der Waals surface area contributed by atoms with Crippen LogP contribution in [0.4, 0.5) is 5.69 Å². The van der Waals surface area contributed by atoms with E-state index in [0.29, 0.717) is 23.5 Å². The maximum atomic E-state index is 13.5. The first kappa shape index (κ1) is 32.1. The molecule has 42 heavy (non-hydrogen) atoms. The molecule has 5 rings (SSSR count). The number of ether oxygens (including phenoxy) is 3. The molecule has 9 heteroatoms. The Bertz CT molecular complexity index is 1190. The number of esters is 1. The molecule has 1 N–H and O–H groups in total. The van der Waals surface area contributed by atoms with Crippen molar-refractivity contribution < 1.29 is 23.8 Å². The van der Waals surface area contributed by atoms with E-state index in [1.807, 2.05) is 37.3 Å². The first-order valence-electron chi connectivity index (χ1n) is 15.1. The third kappa shape index (κ3) is 9.36. The number of anilines is 1. The first-order chi connectivity index (χ1) is 20.3. The lowest BCUT2D eigenvalue weighted by Gasteiger charge is -2.36. The first-order valence-corrected chi connectivity index (χ1v) is 16.2. The van der Waals surface area contributed by atoms with Gasteiger partial charge in [0.25, 0.3) is 5.91 Å². The van der Waals surface area contributed by atoms with Crippen LogP contribution >= 0.6 is 15.9 Å². The van der Waals surface area contributed by atoms with Crippen LogP contribution < -0.4 is 19.7 Å². The summed E-state index contributed by atoms with van der Waals surface area (Å²) in [5.41, 5.74) is 3.37. The summed E-state index contributed by atoms with van der Waals surface area (Å²) in [5.74, 6) is 2.73. The Morgan fingerprint density at radius 1 is 0.929 bits per heavy atom. The molecule has 2 saturated carbocycles. The molecule has 0 radical (unpaired) electrons. The van der Waals surface area contributed by atoms with Gasteiger partial charge in [-0.2, -0.15) is 0 Å². The van der Waals surface area contributed by atoms with Crippen LogP contribution in [0.15, 0.2) is 36.4 Å². The molecule has 1 aliphatic heterocycles. The molecule has 0 bridgehead atoms. The number of alkyl halides is 1. The van der Waals surface area contributed by atoms with Gasteiger partial charge in [-0.1, -0.05) is 28.1 Å². The molecule has 1 amide bonds. The number of methoxy groups -OCH3 is 3. The highest BCUT2D eigenvalue weighted by Gasteiger charge is 2.27. The fourth-order valence-corrected chi connectivity index (χ4v) is 5.78. The summed E-state index contributed by atoms with van der Waals surface area (Å²) < 4.78 is 15.6. The van der Waals surface area contributed by atoms with Gasteiger partial charge in [0.05, 0.1) is 27.4 Å². The van der Waals surface area contributed by atoms with Gasteiger partial charge < -0.3 is 24.4 Å². The Hall–Kier alpha value is -2.78. The molecule has 1 unspecified atom stereocenters. The van der Waals surface area contributed by atoms with Gasteiger partial charge >= 0.3 is 5.97 Å². The van der Waals surface area contributed by atoms with Gasteiger partial charge in [0.2, 0.25) is 0 Å². The maximum absolute atomic E-state index is 13.5. The fraction of sp³-hybridized carbons (Fsp3) is 0.576. The van der Waals surface area contributed by atoms with E-state index in [-0.39, 0.29) is 24.3 Å². The SMILES string of the molecule is BrCC1CC1.COC(=O)CCc1ccc(N2CCN(CC3CC3)CC2)cc1C(=O)NC(C)c1ccc(OC)c(OC)c1. The van der Waals surface area contributed by atoms with E-state index in [1.54, 1.807) is 14.2 Å². The average Bonchev–Trinajstić information content (AvgIpc) is 3.96. The molecule has 1 atom stereocenters. The number of nitrogens with one attached hydrogen (secondary N) is 1. The lowest BCUT2D eigenvalue weighted by Crippen LogP contribution is -2.47. The highest BCUT2D eigenvalue weighted by molar-refractivity contribution is 9.09. The monoisotopic (exact) mass is 643 g/mol. The highest BCUT2D eigenvalue weighted by Crippen LogP contribution is 2.32. The molecule has 2 aliphatic carbocycles. The van der Waals surface area contributed by atoms with Crippen LogP contribution in [0.3, 0.4) is 0 Å². The summed E-state index contributed by atoms with van der Waals surface area (Å²) in [6.45, 7) is 7.11. The van der Waals surface area contributed by atoms with Gasteiger partial charge in [0.1, 0.15) is 0 Å². The van der Waals surface area contributed by atoms with E-state index in [1.165, 1.54) is 44.7 Å². The number of nitrogens with zero attached hydrogens (tertiary/aromatic N) is 2. The molecule has 0 spiro atoms. The van der Waals surface area contributed by atoms with Crippen molar-refractivity contribution in [2.24, 2.45) is 11.8 Å². The van der Waals surface area contributed by atoms with Gasteiger partial charge in [-0.3, -0.25) is 14.5 Å². The maximum Gasteiger partial charge on any atom is 0.305 e. The minimum absolute atomic E-state index is 0.170. The molecule has 8 nitrogen and oxygen atoms in total. The number of benzene rings is 2. The molecule has 2 aromatic rings. The van der Waals surface area contributed by atoms with E-state index < -0.39 is 0 Å². The second kappa shape index (κ2) is 15.6. The molecule has 0 aromatic heterocycles. The lowest BCUT2D eigenvalue weighted by molar-refractivity contribution is -0.140. The Morgan fingerprint density at radius 2 is 1.62 bits per heavy atom. The Balaban J connectivity index is 0.000000732. The lowest BCUT2D eigenvalue weighted by atomic mass is 9.99. The summed E-state index contributed by atoms with van der Waals surface area (Å²) in [6.07, 6.45) is 6.33. The van der Waals surface area contributed by atoms with Crippen molar-refractivity contribution in [3.63, 3.8) is 0 Å². The van der Waals surface area contributed by atoms with Gasteiger partial charge in [-0.15, -0.1) is 0 Å². The van der Waals surface area contributed by atoms with Gasteiger partial charge in [-0.05, 0) is 86.3 Å². The topological polar surface area (TPSA) is 80.3 Å². The summed E-state index contributed by atoms with van der Waals surface area (Å²) >= 11 is 3.38. The molecule has 2 aromatic carbocycles. The fourth-order valence-electron chi connectivity index (χ4n) is 5.14. The third-order valence-electron chi connectivity index (χ3n) is 8.29. The second-order valence-corrected chi connectivity index (χ2v) is 12.2. The van der Waals surface area contributed by atoms with Crippen molar-refractivity contribution in [1.82, 2.24) is 10.2 Å². The van der Waals surface area contributed by atoms with Crippen molar-refractivity contribution in [2.45, 2.75) is 51.5 Å². The molecule has 3 aliphatic rings. The van der Waals surface area contributed by atoms with Gasteiger partial charge in [0, 0.05) is 55.7 Å². The van der Waals surface area contributed by atoms with Crippen LogP contribution in [-0.4, -0.2) is 76.2 Å². The van der Waals surface area contributed by atoms with Crippen molar-refractivity contribution >= 4 is 33.5 Å². The number of hydrogen-bond donors (Lipinski definition) is 1. The Labute approximate surface area is 259 Å². The zero-order valence-corrected chi connectivity index (χ0v) is 27.1. The third-order valence-corrected chi connectivity index (χ3v) is 9.20. The number of halogens is 1. The zero-order chi connectivity index (χ0) is 30.1. The van der Waals surface area contributed by atoms with Crippen LogP contribution in [0.25, 0.3) is 0 Å². The highest BCUT2D eigenvalue weighted by atomic mass is 79.9. The van der Waals surface area contributed by atoms with E-state index in [2.05, 4.69) is 37.1 Å². The van der Waals surface area contributed by atoms with Gasteiger partial charge in [0.15, 0.2) is 11.5 Å². The number of amides is 1. The summed E-state index contributed by atoms with van der Waals surface area (Å²) in [7, 11) is 4.57. The van der Waals surface area contributed by atoms with Crippen LogP contribution in [0.2, 0.25) is 0 Å². The summed E-state index contributed by atoms with van der Waals surface area (Å²) in [5, 5.41) is 4.36. The smallest absolute Gasteiger partial charge is 0.305 e. The van der Waals surface area contributed by atoms with Crippen molar-refractivity contribution in [1.29, 1.82) is 0 Å². The van der Waals surface area contributed by atoms with E-state index in [9.17, 15) is 9.59 Å². The second-order valence-electron chi connectivity index (χ2n) is 11.6.